The summed E-state index contributed by atoms with van der Waals surface area (Å²) in [5, 5.41) is 3.73. The van der Waals surface area contributed by atoms with Gasteiger partial charge in [0.1, 0.15) is 0 Å². The lowest BCUT2D eigenvalue weighted by molar-refractivity contribution is -0.152. The highest BCUT2D eigenvalue weighted by Crippen LogP contribution is 2.42. The standard InChI is InChI=1S/C13H15N3O2/c1-12(2)9-13(15-16-14,18-11(12)17)8-10-6-4-3-5-7-10/h3-7H,8-9H2,1-2H3. The minimum absolute atomic E-state index is 0.314. The van der Waals surface area contributed by atoms with Crippen LogP contribution in [0.2, 0.25) is 0 Å². The number of hydrogen-bond donors (Lipinski definition) is 0. The zero-order valence-corrected chi connectivity index (χ0v) is 10.5. The Morgan fingerprint density at radius 2 is 2.06 bits per heavy atom. The maximum absolute atomic E-state index is 11.8. The summed E-state index contributed by atoms with van der Waals surface area (Å²) < 4.78 is 5.35. The summed E-state index contributed by atoms with van der Waals surface area (Å²) in [4.78, 5) is 14.6. The van der Waals surface area contributed by atoms with Crippen LogP contribution in [-0.4, -0.2) is 11.7 Å². The number of hydrogen-bond acceptors (Lipinski definition) is 3. The van der Waals surface area contributed by atoms with Gasteiger partial charge in [0.2, 0.25) is 0 Å². The van der Waals surface area contributed by atoms with E-state index in [9.17, 15) is 4.79 Å². The van der Waals surface area contributed by atoms with E-state index in [0.717, 1.165) is 5.56 Å². The first kappa shape index (κ1) is 12.5. The third-order valence-corrected chi connectivity index (χ3v) is 3.10. The highest BCUT2D eigenvalue weighted by atomic mass is 16.6. The molecule has 0 spiro atoms. The SMILES string of the molecule is CC1(C)CC(Cc2ccccc2)(N=[N+]=[N-])OC1=O. The zero-order valence-electron chi connectivity index (χ0n) is 10.5. The Bertz CT molecular complexity index is 506. The smallest absolute Gasteiger partial charge is 0.312 e. The largest absolute Gasteiger partial charge is 0.452 e. The van der Waals surface area contributed by atoms with Gasteiger partial charge in [-0.2, -0.15) is 0 Å². The predicted octanol–water partition coefficient (Wildman–Crippen LogP) is 3.21. The van der Waals surface area contributed by atoms with E-state index in [1.165, 1.54) is 0 Å². The van der Waals surface area contributed by atoms with E-state index in [-0.39, 0.29) is 5.97 Å². The van der Waals surface area contributed by atoms with E-state index in [1.54, 1.807) is 13.8 Å². The van der Waals surface area contributed by atoms with Crippen LogP contribution in [0.3, 0.4) is 0 Å². The Morgan fingerprint density at radius 3 is 2.56 bits per heavy atom. The number of cyclic esters (lactones) is 1. The molecule has 1 aliphatic rings. The molecule has 0 aromatic heterocycles. The quantitative estimate of drug-likeness (QED) is 0.355. The van der Waals surface area contributed by atoms with Gasteiger partial charge in [0.05, 0.1) is 5.41 Å². The molecular formula is C13H15N3O2. The van der Waals surface area contributed by atoms with Crippen LogP contribution in [0.4, 0.5) is 0 Å². The van der Waals surface area contributed by atoms with Crippen molar-refractivity contribution in [3.63, 3.8) is 0 Å². The summed E-state index contributed by atoms with van der Waals surface area (Å²) in [5.41, 5.74) is 7.98. The predicted molar refractivity (Wildman–Crippen MR) is 66.5 cm³/mol. The van der Waals surface area contributed by atoms with E-state index >= 15 is 0 Å². The summed E-state index contributed by atoms with van der Waals surface area (Å²) in [7, 11) is 0. The average Bonchev–Trinajstić information content (AvgIpc) is 2.50. The number of nitrogens with zero attached hydrogens (tertiary/aromatic N) is 3. The third kappa shape index (κ3) is 2.31. The van der Waals surface area contributed by atoms with Gasteiger partial charge in [0, 0.05) is 17.8 Å². The Morgan fingerprint density at radius 1 is 1.39 bits per heavy atom. The molecule has 1 fully saturated rings. The van der Waals surface area contributed by atoms with Crippen molar-refractivity contribution in [3.05, 3.63) is 46.3 Å². The van der Waals surface area contributed by atoms with Crippen molar-refractivity contribution in [2.24, 2.45) is 10.5 Å². The third-order valence-electron chi connectivity index (χ3n) is 3.10. The molecule has 0 saturated carbocycles. The molecule has 0 radical (unpaired) electrons. The fourth-order valence-electron chi connectivity index (χ4n) is 2.30. The first-order valence-corrected chi connectivity index (χ1v) is 5.81. The van der Waals surface area contributed by atoms with Crippen molar-refractivity contribution in [2.75, 3.05) is 0 Å². The Balaban J connectivity index is 2.30. The summed E-state index contributed by atoms with van der Waals surface area (Å²) >= 11 is 0. The minimum Gasteiger partial charge on any atom is -0.452 e. The van der Waals surface area contributed by atoms with Crippen LogP contribution in [0.1, 0.15) is 25.8 Å². The molecule has 1 aliphatic heterocycles. The van der Waals surface area contributed by atoms with E-state index in [0.29, 0.717) is 12.8 Å². The van der Waals surface area contributed by atoms with Crippen molar-refractivity contribution in [1.82, 2.24) is 0 Å². The zero-order chi connectivity index (χ0) is 13.2. The Hall–Kier alpha value is -2.00. The molecule has 0 N–H and O–H groups in total. The van der Waals surface area contributed by atoms with Crippen molar-refractivity contribution in [2.45, 2.75) is 32.4 Å². The maximum atomic E-state index is 11.8. The lowest BCUT2D eigenvalue weighted by Gasteiger charge is -2.22. The van der Waals surface area contributed by atoms with Gasteiger partial charge in [-0.3, -0.25) is 4.79 Å². The van der Waals surface area contributed by atoms with Crippen LogP contribution in [0.25, 0.3) is 10.4 Å². The number of azide groups is 1. The van der Waals surface area contributed by atoms with Crippen molar-refractivity contribution in [3.8, 4) is 0 Å². The number of esters is 1. The second kappa shape index (κ2) is 4.35. The summed E-state index contributed by atoms with van der Waals surface area (Å²) in [5.74, 6) is -0.314. The number of carbonyl (C=O) groups excluding carboxylic acids is 1. The first-order valence-electron chi connectivity index (χ1n) is 5.81. The summed E-state index contributed by atoms with van der Waals surface area (Å²) in [6.45, 7) is 3.60. The van der Waals surface area contributed by atoms with Gasteiger partial charge >= 0.3 is 5.97 Å². The van der Waals surface area contributed by atoms with Crippen LogP contribution in [-0.2, 0) is 16.0 Å². The molecule has 18 heavy (non-hydrogen) atoms. The second-order valence-corrected chi connectivity index (χ2v) is 5.25. The number of carbonyl (C=O) groups is 1. The molecule has 0 amide bonds. The molecule has 5 heteroatoms. The van der Waals surface area contributed by atoms with Gasteiger partial charge in [-0.05, 0) is 30.1 Å². The average molecular weight is 245 g/mol. The number of benzene rings is 1. The molecule has 2 rings (SSSR count). The van der Waals surface area contributed by atoms with Crippen molar-refractivity contribution in [1.29, 1.82) is 0 Å². The number of ether oxygens (including phenoxy) is 1. The van der Waals surface area contributed by atoms with Crippen molar-refractivity contribution < 1.29 is 9.53 Å². The van der Waals surface area contributed by atoms with Crippen LogP contribution in [0.15, 0.2) is 35.4 Å². The summed E-state index contributed by atoms with van der Waals surface area (Å²) in [6.07, 6.45) is 0.810. The highest BCUT2D eigenvalue weighted by Gasteiger charge is 2.51. The number of rotatable bonds is 3. The molecular weight excluding hydrogens is 230 g/mol. The van der Waals surface area contributed by atoms with Crippen LogP contribution >= 0.6 is 0 Å². The van der Waals surface area contributed by atoms with Gasteiger partial charge in [-0.1, -0.05) is 30.3 Å². The molecule has 1 heterocycles. The van der Waals surface area contributed by atoms with Crippen LogP contribution in [0, 0.1) is 5.41 Å². The minimum atomic E-state index is -1.09. The first-order chi connectivity index (χ1) is 8.47. The molecule has 1 aromatic rings. The molecule has 1 atom stereocenters. The van der Waals surface area contributed by atoms with Crippen molar-refractivity contribution >= 4 is 5.97 Å². The molecule has 1 unspecified atom stereocenters. The van der Waals surface area contributed by atoms with E-state index in [4.69, 9.17) is 10.3 Å². The van der Waals surface area contributed by atoms with Gasteiger partial charge in [0.25, 0.3) is 0 Å². The normalized spacial score (nSPS) is 25.3. The van der Waals surface area contributed by atoms with E-state index in [2.05, 4.69) is 10.0 Å². The second-order valence-electron chi connectivity index (χ2n) is 5.25. The lowest BCUT2D eigenvalue weighted by atomic mass is 9.85. The fraction of sp³-hybridized carbons (Fsp3) is 0.462. The molecule has 1 saturated heterocycles. The maximum Gasteiger partial charge on any atom is 0.312 e. The molecule has 0 bridgehead atoms. The van der Waals surface area contributed by atoms with Gasteiger partial charge in [-0.15, -0.1) is 0 Å². The van der Waals surface area contributed by atoms with Gasteiger partial charge in [0.15, 0.2) is 5.72 Å². The van der Waals surface area contributed by atoms with E-state index in [1.807, 2.05) is 30.3 Å². The topological polar surface area (TPSA) is 75.1 Å². The molecule has 94 valence electrons. The van der Waals surface area contributed by atoms with Crippen LogP contribution < -0.4 is 0 Å². The highest BCUT2D eigenvalue weighted by molar-refractivity contribution is 5.78. The molecule has 5 nitrogen and oxygen atoms in total. The van der Waals surface area contributed by atoms with Gasteiger partial charge in [-0.25, -0.2) is 0 Å². The lowest BCUT2D eigenvalue weighted by Crippen LogP contribution is -2.28. The molecule has 0 aliphatic carbocycles. The monoisotopic (exact) mass is 245 g/mol. The van der Waals surface area contributed by atoms with E-state index < -0.39 is 11.1 Å². The van der Waals surface area contributed by atoms with Crippen LogP contribution in [0.5, 0.6) is 0 Å². The summed E-state index contributed by atoms with van der Waals surface area (Å²) in [6, 6.07) is 9.57. The van der Waals surface area contributed by atoms with Gasteiger partial charge < -0.3 is 4.74 Å². The fourth-order valence-corrected chi connectivity index (χ4v) is 2.30. The Labute approximate surface area is 105 Å². The Kier molecular flexibility index (Phi) is 3.01. The molecule has 1 aromatic carbocycles.